The Morgan fingerprint density at radius 1 is 1.53 bits per heavy atom. The van der Waals surface area contributed by atoms with Gasteiger partial charge in [0.05, 0.1) is 7.11 Å². The van der Waals surface area contributed by atoms with Gasteiger partial charge >= 0.3 is 5.97 Å². The van der Waals surface area contributed by atoms with Crippen molar-refractivity contribution < 1.29 is 13.9 Å². The molecule has 0 spiro atoms. The molecular formula is C12H11ClFN3O2. The van der Waals surface area contributed by atoms with Gasteiger partial charge in [0.15, 0.2) is 5.69 Å². The molecule has 0 saturated heterocycles. The number of methoxy groups -OCH3 is 1. The number of carbonyl (C=O) groups is 1. The van der Waals surface area contributed by atoms with Gasteiger partial charge in [-0.2, -0.15) is 0 Å². The lowest BCUT2D eigenvalue weighted by molar-refractivity contribution is 0.0587. The smallest absolute Gasteiger partial charge is 0.358 e. The third kappa shape index (κ3) is 2.44. The van der Waals surface area contributed by atoms with E-state index in [0.29, 0.717) is 6.54 Å². The molecule has 5 nitrogen and oxygen atoms in total. The van der Waals surface area contributed by atoms with Crippen molar-refractivity contribution in [3.8, 4) is 11.3 Å². The zero-order valence-electron chi connectivity index (χ0n) is 10.4. The molecule has 2 aromatic rings. The quantitative estimate of drug-likeness (QED) is 0.812. The maximum atomic E-state index is 13.9. The minimum absolute atomic E-state index is 0.117. The van der Waals surface area contributed by atoms with Gasteiger partial charge in [0.2, 0.25) is 0 Å². The van der Waals surface area contributed by atoms with E-state index in [-0.39, 0.29) is 22.0 Å². The zero-order valence-corrected chi connectivity index (χ0v) is 11.1. The van der Waals surface area contributed by atoms with Crippen molar-refractivity contribution >= 4 is 17.6 Å². The van der Waals surface area contributed by atoms with E-state index < -0.39 is 11.8 Å². The maximum absolute atomic E-state index is 13.9. The molecule has 0 fully saturated rings. The van der Waals surface area contributed by atoms with E-state index in [2.05, 4.69) is 15.0 Å². The van der Waals surface area contributed by atoms with E-state index in [4.69, 9.17) is 11.6 Å². The highest BCUT2D eigenvalue weighted by Crippen LogP contribution is 2.26. The Bertz CT molecular complexity index is 627. The summed E-state index contributed by atoms with van der Waals surface area (Å²) in [4.78, 5) is 11.8. The molecule has 0 N–H and O–H groups in total. The first-order valence-electron chi connectivity index (χ1n) is 5.55. The number of halogens is 2. The first-order valence-corrected chi connectivity index (χ1v) is 5.93. The SMILES string of the molecule is CCn1nnc(-c2ccc(Cl)cc2F)c1C(=O)OC. The summed E-state index contributed by atoms with van der Waals surface area (Å²) in [5.41, 5.74) is 0.415. The molecule has 0 aliphatic heterocycles. The fraction of sp³-hybridized carbons (Fsp3) is 0.250. The summed E-state index contributed by atoms with van der Waals surface area (Å²) in [5, 5.41) is 7.92. The topological polar surface area (TPSA) is 57.0 Å². The molecule has 0 aliphatic rings. The minimum atomic E-state index is -0.615. The molecule has 0 amide bonds. The highest BCUT2D eigenvalue weighted by Gasteiger charge is 2.23. The van der Waals surface area contributed by atoms with Gasteiger partial charge in [-0.15, -0.1) is 5.10 Å². The van der Waals surface area contributed by atoms with Gasteiger partial charge in [-0.25, -0.2) is 13.9 Å². The third-order valence-corrected chi connectivity index (χ3v) is 2.83. The van der Waals surface area contributed by atoms with Crippen molar-refractivity contribution in [2.45, 2.75) is 13.5 Å². The summed E-state index contributed by atoms with van der Waals surface area (Å²) in [6.45, 7) is 2.22. The number of benzene rings is 1. The van der Waals surface area contributed by atoms with Gasteiger partial charge in [-0.05, 0) is 25.1 Å². The fourth-order valence-electron chi connectivity index (χ4n) is 1.70. The predicted octanol–water partition coefficient (Wildman–Crippen LogP) is 2.54. The lowest BCUT2D eigenvalue weighted by Gasteiger charge is -2.05. The normalized spacial score (nSPS) is 10.5. The van der Waals surface area contributed by atoms with Crippen LogP contribution in [0.3, 0.4) is 0 Å². The van der Waals surface area contributed by atoms with Crippen LogP contribution in [-0.4, -0.2) is 28.1 Å². The molecule has 1 aromatic heterocycles. The lowest BCUT2D eigenvalue weighted by Crippen LogP contribution is -2.12. The number of esters is 1. The average molecular weight is 284 g/mol. The molecule has 1 aromatic carbocycles. The Kier molecular flexibility index (Phi) is 3.80. The van der Waals surface area contributed by atoms with Gasteiger partial charge in [0.25, 0.3) is 0 Å². The summed E-state index contributed by atoms with van der Waals surface area (Å²) in [7, 11) is 1.25. The molecule has 100 valence electrons. The number of ether oxygens (including phenoxy) is 1. The fourth-order valence-corrected chi connectivity index (χ4v) is 1.85. The van der Waals surface area contributed by atoms with E-state index in [9.17, 15) is 9.18 Å². The van der Waals surface area contributed by atoms with Gasteiger partial charge in [-0.1, -0.05) is 16.8 Å². The van der Waals surface area contributed by atoms with Gasteiger partial charge in [-0.3, -0.25) is 0 Å². The number of hydrogen-bond donors (Lipinski definition) is 0. The molecule has 0 radical (unpaired) electrons. The summed E-state index contributed by atoms with van der Waals surface area (Å²) >= 11 is 5.69. The van der Waals surface area contributed by atoms with Crippen molar-refractivity contribution in [2.75, 3.05) is 7.11 Å². The van der Waals surface area contributed by atoms with Crippen LogP contribution in [0.2, 0.25) is 5.02 Å². The van der Waals surface area contributed by atoms with Crippen LogP contribution < -0.4 is 0 Å². The highest BCUT2D eigenvalue weighted by atomic mass is 35.5. The van der Waals surface area contributed by atoms with Crippen LogP contribution in [0.5, 0.6) is 0 Å². The van der Waals surface area contributed by atoms with Crippen LogP contribution in [-0.2, 0) is 11.3 Å². The second-order valence-corrected chi connectivity index (χ2v) is 4.15. The van der Waals surface area contributed by atoms with Crippen molar-refractivity contribution in [3.05, 3.63) is 34.7 Å². The van der Waals surface area contributed by atoms with Crippen molar-refractivity contribution in [3.63, 3.8) is 0 Å². The van der Waals surface area contributed by atoms with Crippen LogP contribution in [0.1, 0.15) is 17.4 Å². The van der Waals surface area contributed by atoms with Gasteiger partial charge in [0, 0.05) is 17.1 Å². The number of aryl methyl sites for hydroxylation is 1. The molecule has 2 rings (SSSR count). The molecule has 1 heterocycles. The van der Waals surface area contributed by atoms with Crippen LogP contribution in [0.25, 0.3) is 11.3 Å². The van der Waals surface area contributed by atoms with Crippen LogP contribution in [0, 0.1) is 5.82 Å². The molecule has 0 saturated carbocycles. The molecule has 0 bridgehead atoms. The Morgan fingerprint density at radius 3 is 2.84 bits per heavy atom. The third-order valence-electron chi connectivity index (χ3n) is 2.60. The molecule has 7 heteroatoms. The van der Waals surface area contributed by atoms with Gasteiger partial charge in [0.1, 0.15) is 11.5 Å². The molecule has 0 aliphatic carbocycles. The molecule has 19 heavy (non-hydrogen) atoms. The van der Waals surface area contributed by atoms with E-state index in [1.54, 1.807) is 6.92 Å². The number of hydrogen-bond acceptors (Lipinski definition) is 4. The van der Waals surface area contributed by atoms with Crippen molar-refractivity contribution in [1.29, 1.82) is 0 Å². The number of carbonyl (C=O) groups excluding carboxylic acids is 1. The first kappa shape index (κ1) is 13.5. The number of rotatable bonds is 3. The monoisotopic (exact) mass is 283 g/mol. The lowest BCUT2D eigenvalue weighted by atomic mass is 10.1. The molecule has 0 atom stereocenters. The standard InChI is InChI=1S/C12H11ClFN3O2/c1-3-17-11(12(18)19-2)10(15-16-17)8-5-4-7(13)6-9(8)14/h4-6H,3H2,1-2H3. The Labute approximate surface area is 113 Å². The second kappa shape index (κ2) is 5.36. The number of nitrogens with zero attached hydrogens (tertiary/aromatic N) is 3. The average Bonchev–Trinajstić information content (AvgIpc) is 2.81. The highest BCUT2D eigenvalue weighted by molar-refractivity contribution is 6.30. The largest absolute Gasteiger partial charge is 0.464 e. The molecule has 0 unspecified atom stereocenters. The van der Waals surface area contributed by atoms with Crippen LogP contribution in [0.15, 0.2) is 18.2 Å². The number of aromatic nitrogens is 3. The maximum Gasteiger partial charge on any atom is 0.358 e. The van der Waals surface area contributed by atoms with E-state index in [1.807, 2.05) is 0 Å². The summed E-state index contributed by atoms with van der Waals surface area (Å²) < 4.78 is 19.9. The van der Waals surface area contributed by atoms with E-state index in [1.165, 1.54) is 23.9 Å². The molecular weight excluding hydrogens is 273 g/mol. The Balaban J connectivity index is 2.62. The Hall–Kier alpha value is -1.95. The van der Waals surface area contributed by atoms with Crippen molar-refractivity contribution in [1.82, 2.24) is 15.0 Å². The van der Waals surface area contributed by atoms with E-state index in [0.717, 1.165) is 6.07 Å². The minimum Gasteiger partial charge on any atom is -0.464 e. The summed E-state index contributed by atoms with van der Waals surface area (Å²) in [6, 6.07) is 4.13. The Morgan fingerprint density at radius 2 is 2.26 bits per heavy atom. The van der Waals surface area contributed by atoms with Crippen LogP contribution >= 0.6 is 11.6 Å². The van der Waals surface area contributed by atoms with Gasteiger partial charge < -0.3 is 4.74 Å². The second-order valence-electron chi connectivity index (χ2n) is 3.72. The summed E-state index contributed by atoms with van der Waals surface area (Å²) in [5.74, 6) is -1.18. The predicted molar refractivity (Wildman–Crippen MR) is 67.4 cm³/mol. The van der Waals surface area contributed by atoms with E-state index >= 15 is 0 Å². The zero-order chi connectivity index (χ0) is 14.0. The van der Waals surface area contributed by atoms with Crippen molar-refractivity contribution in [2.24, 2.45) is 0 Å². The van der Waals surface area contributed by atoms with Crippen LogP contribution in [0.4, 0.5) is 4.39 Å². The summed E-state index contributed by atoms with van der Waals surface area (Å²) in [6.07, 6.45) is 0. The first-order chi connectivity index (χ1) is 9.08.